The zero-order chi connectivity index (χ0) is 18.2. The Morgan fingerprint density at radius 2 is 1.64 bits per heavy atom. The molecule has 2 aromatic rings. The maximum absolute atomic E-state index is 12.0. The normalized spacial score (nSPS) is 10.3. The first-order valence-electron chi connectivity index (χ1n) is 7.77. The van der Waals surface area contributed by atoms with Crippen LogP contribution in [0, 0.1) is 0 Å². The van der Waals surface area contributed by atoms with E-state index in [9.17, 15) is 9.59 Å². The number of carbonyl (C=O) groups is 2. The van der Waals surface area contributed by atoms with Crippen molar-refractivity contribution in [1.29, 1.82) is 0 Å². The minimum atomic E-state index is -0.676. The third-order valence-electron chi connectivity index (χ3n) is 3.67. The standard InChI is InChI=1S/C19H21NO5/c1-23-18(21)15-10-14(11-16(20)17(15)19(22)24-2)8-9-25-12-13-6-4-3-5-7-13/h3-7,10-11H,8-9,12,20H2,1-2H3. The number of rotatable bonds is 7. The van der Waals surface area contributed by atoms with Crippen molar-refractivity contribution in [3.05, 3.63) is 64.7 Å². The lowest BCUT2D eigenvalue weighted by atomic mass is 10.00. The van der Waals surface area contributed by atoms with E-state index in [1.54, 1.807) is 12.1 Å². The Balaban J connectivity index is 2.09. The first-order valence-corrected chi connectivity index (χ1v) is 7.77. The molecule has 0 spiro atoms. The molecule has 132 valence electrons. The van der Waals surface area contributed by atoms with Crippen molar-refractivity contribution in [2.75, 3.05) is 26.6 Å². The zero-order valence-electron chi connectivity index (χ0n) is 14.3. The van der Waals surface area contributed by atoms with Gasteiger partial charge in [-0.25, -0.2) is 9.59 Å². The molecule has 25 heavy (non-hydrogen) atoms. The first kappa shape index (κ1) is 18.5. The van der Waals surface area contributed by atoms with Gasteiger partial charge in [-0.2, -0.15) is 0 Å². The Morgan fingerprint density at radius 1 is 0.960 bits per heavy atom. The van der Waals surface area contributed by atoms with Gasteiger partial charge in [-0.1, -0.05) is 30.3 Å². The summed E-state index contributed by atoms with van der Waals surface area (Å²) in [4.78, 5) is 23.8. The van der Waals surface area contributed by atoms with Crippen LogP contribution in [0.5, 0.6) is 0 Å². The van der Waals surface area contributed by atoms with Crippen LogP contribution in [0.2, 0.25) is 0 Å². The largest absolute Gasteiger partial charge is 0.465 e. The molecule has 0 aliphatic rings. The molecule has 0 saturated heterocycles. The van der Waals surface area contributed by atoms with Gasteiger partial charge >= 0.3 is 11.9 Å². The Labute approximate surface area is 146 Å². The average molecular weight is 343 g/mol. The second-order valence-corrected chi connectivity index (χ2v) is 5.38. The molecule has 6 nitrogen and oxygen atoms in total. The van der Waals surface area contributed by atoms with Crippen LogP contribution in [0.1, 0.15) is 31.8 Å². The SMILES string of the molecule is COC(=O)c1cc(CCOCc2ccccc2)cc(N)c1C(=O)OC. The van der Waals surface area contributed by atoms with E-state index < -0.39 is 11.9 Å². The number of esters is 2. The van der Waals surface area contributed by atoms with Crippen LogP contribution in [0.3, 0.4) is 0 Å². The van der Waals surface area contributed by atoms with Crippen LogP contribution >= 0.6 is 0 Å². The molecule has 6 heteroatoms. The summed E-state index contributed by atoms with van der Waals surface area (Å²) in [7, 11) is 2.48. The molecule has 0 radical (unpaired) electrons. The van der Waals surface area contributed by atoms with Crippen molar-refractivity contribution in [2.45, 2.75) is 13.0 Å². The highest BCUT2D eigenvalue weighted by Crippen LogP contribution is 2.22. The molecule has 0 atom stereocenters. The van der Waals surface area contributed by atoms with Crippen LogP contribution in [0.4, 0.5) is 5.69 Å². The van der Waals surface area contributed by atoms with E-state index in [1.807, 2.05) is 30.3 Å². The van der Waals surface area contributed by atoms with Gasteiger partial charge in [0.05, 0.1) is 38.6 Å². The summed E-state index contributed by atoms with van der Waals surface area (Å²) in [6, 6.07) is 13.0. The molecule has 0 aliphatic heterocycles. The smallest absolute Gasteiger partial charge is 0.340 e. The van der Waals surface area contributed by atoms with Crippen molar-refractivity contribution in [1.82, 2.24) is 0 Å². The number of benzene rings is 2. The van der Waals surface area contributed by atoms with Crippen LogP contribution in [0.15, 0.2) is 42.5 Å². The molecule has 2 rings (SSSR count). The molecular formula is C19H21NO5. The van der Waals surface area contributed by atoms with E-state index in [4.69, 9.17) is 15.2 Å². The molecule has 0 aliphatic carbocycles. The molecule has 0 aromatic heterocycles. The number of anilines is 1. The van der Waals surface area contributed by atoms with Crippen molar-refractivity contribution in [2.24, 2.45) is 0 Å². The molecule has 2 aromatic carbocycles. The van der Waals surface area contributed by atoms with E-state index in [0.29, 0.717) is 19.6 Å². The third kappa shape index (κ3) is 4.81. The van der Waals surface area contributed by atoms with E-state index in [-0.39, 0.29) is 16.8 Å². The zero-order valence-corrected chi connectivity index (χ0v) is 14.3. The fourth-order valence-electron chi connectivity index (χ4n) is 2.43. The number of carbonyl (C=O) groups excluding carboxylic acids is 2. The predicted molar refractivity (Wildman–Crippen MR) is 93.3 cm³/mol. The summed E-state index contributed by atoms with van der Waals surface area (Å²) < 4.78 is 15.1. The highest BCUT2D eigenvalue weighted by atomic mass is 16.5. The summed E-state index contributed by atoms with van der Waals surface area (Å²) in [6.45, 7) is 0.951. The lowest BCUT2D eigenvalue weighted by Gasteiger charge is -2.12. The lowest BCUT2D eigenvalue weighted by molar-refractivity contribution is 0.0556. The van der Waals surface area contributed by atoms with Gasteiger partial charge < -0.3 is 19.9 Å². The molecule has 0 unspecified atom stereocenters. The quantitative estimate of drug-likeness (QED) is 0.472. The number of nitrogens with two attached hydrogens (primary N) is 1. The molecule has 2 N–H and O–H groups in total. The molecule has 0 amide bonds. The fraction of sp³-hybridized carbons (Fsp3) is 0.263. The van der Waals surface area contributed by atoms with E-state index >= 15 is 0 Å². The molecule has 0 bridgehead atoms. The van der Waals surface area contributed by atoms with Crippen LogP contribution in [-0.4, -0.2) is 32.8 Å². The second kappa shape index (κ2) is 8.84. The number of hydrogen-bond donors (Lipinski definition) is 1. The maximum Gasteiger partial charge on any atom is 0.340 e. The van der Waals surface area contributed by atoms with Crippen molar-refractivity contribution >= 4 is 17.6 Å². The lowest BCUT2D eigenvalue weighted by Crippen LogP contribution is -2.15. The first-order chi connectivity index (χ1) is 12.1. The molecular weight excluding hydrogens is 322 g/mol. The Bertz CT molecular complexity index is 743. The van der Waals surface area contributed by atoms with Crippen LogP contribution in [0.25, 0.3) is 0 Å². The van der Waals surface area contributed by atoms with Gasteiger partial charge in [-0.05, 0) is 29.7 Å². The van der Waals surface area contributed by atoms with Gasteiger partial charge in [0, 0.05) is 5.69 Å². The second-order valence-electron chi connectivity index (χ2n) is 5.38. The van der Waals surface area contributed by atoms with Gasteiger partial charge in [0.2, 0.25) is 0 Å². The summed E-state index contributed by atoms with van der Waals surface area (Å²) in [5, 5.41) is 0. The predicted octanol–water partition coefficient (Wildman–Crippen LogP) is 2.60. The van der Waals surface area contributed by atoms with E-state index in [2.05, 4.69) is 4.74 Å². The third-order valence-corrected chi connectivity index (χ3v) is 3.67. The summed E-state index contributed by atoms with van der Waals surface area (Å²) in [5.74, 6) is -1.32. The van der Waals surface area contributed by atoms with Gasteiger partial charge in [0.25, 0.3) is 0 Å². The number of hydrogen-bond acceptors (Lipinski definition) is 6. The van der Waals surface area contributed by atoms with Crippen molar-refractivity contribution in [3.8, 4) is 0 Å². The number of methoxy groups -OCH3 is 2. The summed E-state index contributed by atoms with van der Waals surface area (Å²) in [5.41, 5.74) is 8.08. The van der Waals surface area contributed by atoms with Crippen LogP contribution in [-0.2, 0) is 27.2 Å². The van der Waals surface area contributed by atoms with Gasteiger partial charge in [-0.3, -0.25) is 0 Å². The number of ether oxygens (including phenoxy) is 3. The minimum absolute atomic E-state index is 0.0169. The highest BCUT2D eigenvalue weighted by Gasteiger charge is 2.22. The van der Waals surface area contributed by atoms with Crippen molar-refractivity contribution in [3.63, 3.8) is 0 Å². The van der Waals surface area contributed by atoms with E-state index in [1.165, 1.54) is 14.2 Å². The van der Waals surface area contributed by atoms with E-state index in [0.717, 1.165) is 11.1 Å². The van der Waals surface area contributed by atoms with Gasteiger partial charge in [0.15, 0.2) is 0 Å². The Hall–Kier alpha value is -2.86. The van der Waals surface area contributed by atoms with Gasteiger partial charge in [0.1, 0.15) is 0 Å². The topological polar surface area (TPSA) is 87.9 Å². The Kier molecular flexibility index (Phi) is 6.54. The molecule has 0 heterocycles. The molecule has 0 fully saturated rings. The fourth-order valence-corrected chi connectivity index (χ4v) is 2.43. The van der Waals surface area contributed by atoms with Crippen molar-refractivity contribution < 1.29 is 23.8 Å². The Morgan fingerprint density at radius 3 is 2.28 bits per heavy atom. The highest BCUT2D eigenvalue weighted by molar-refractivity contribution is 6.06. The van der Waals surface area contributed by atoms with Crippen LogP contribution < -0.4 is 5.73 Å². The van der Waals surface area contributed by atoms with Gasteiger partial charge in [-0.15, -0.1) is 0 Å². The monoisotopic (exact) mass is 343 g/mol. The summed E-state index contributed by atoms with van der Waals surface area (Å²) in [6.07, 6.45) is 0.544. The number of nitrogen functional groups attached to an aromatic ring is 1. The summed E-state index contributed by atoms with van der Waals surface area (Å²) >= 11 is 0. The molecule has 0 saturated carbocycles. The minimum Gasteiger partial charge on any atom is -0.465 e. The average Bonchev–Trinajstić information content (AvgIpc) is 2.64. The maximum atomic E-state index is 12.0.